The van der Waals surface area contributed by atoms with Gasteiger partial charge >= 0.3 is 0 Å². The molecule has 11 heteroatoms. The second kappa shape index (κ2) is 10.6. The number of nitrogens with one attached hydrogen (secondary N) is 1. The van der Waals surface area contributed by atoms with Gasteiger partial charge in [0.05, 0.1) is 23.7 Å². The molecule has 1 spiro atoms. The Hall–Kier alpha value is -2.79. The van der Waals surface area contributed by atoms with Crippen LogP contribution in [0.3, 0.4) is 0 Å². The predicted molar refractivity (Wildman–Crippen MR) is 147 cm³/mol. The summed E-state index contributed by atoms with van der Waals surface area (Å²) in [6.07, 6.45) is 4.11. The number of rotatable bonds is 8. The van der Waals surface area contributed by atoms with Crippen LogP contribution in [-0.2, 0) is 15.6 Å². The molecule has 2 aliphatic heterocycles. The number of piperidine rings is 2. The van der Waals surface area contributed by atoms with E-state index in [1.807, 2.05) is 4.90 Å². The van der Waals surface area contributed by atoms with E-state index in [0.29, 0.717) is 39.4 Å². The van der Waals surface area contributed by atoms with Crippen molar-refractivity contribution in [3.63, 3.8) is 0 Å². The van der Waals surface area contributed by atoms with Crippen LogP contribution >= 0.6 is 0 Å². The Morgan fingerprint density at radius 2 is 1.67 bits per heavy atom. The number of hydrogen-bond donors (Lipinski definition) is 2. The number of sulfone groups is 1. The molecular formula is C28H36F2N4O4S. The highest BCUT2D eigenvalue weighted by Crippen LogP contribution is 2.54. The molecule has 0 bridgehead atoms. The average Bonchev–Trinajstić information content (AvgIpc) is 3.62. The molecule has 1 aromatic heterocycles. The number of pyridine rings is 1. The summed E-state index contributed by atoms with van der Waals surface area (Å²) in [5.41, 5.74) is 3.34. The molecule has 39 heavy (non-hydrogen) atoms. The van der Waals surface area contributed by atoms with Gasteiger partial charge in [-0.2, -0.15) is 0 Å². The third kappa shape index (κ3) is 6.69. The zero-order valence-electron chi connectivity index (χ0n) is 22.3. The Labute approximate surface area is 228 Å². The molecule has 1 saturated carbocycles. The maximum Gasteiger partial charge on any atom is 0.257 e. The molecule has 2 aromatic rings. The zero-order chi connectivity index (χ0) is 27.8. The largest absolute Gasteiger partial charge is 0.395 e. The quantitative estimate of drug-likeness (QED) is 0.498. The lowest BCUT2D eigenvalue weighted by Gasteiger charge is -2.35. The van der Waals surface area contributed by atoms with Crippen LogP contribution in [0.15, 0.2) is 30.3 Å². The Bertz CT molecular complexity index is 1330. The molecule has 5 rings (SSSR count). The van der Waals surface area contributed by atoms with Gasteiger partial charge in [-0.15, -0.1) is 0 Å². The summed E-state index contributed by atoms with van der Waals surface area (Å²) in [4.78, 5) is 22.1. The number of nitrogens with zero attached hydrogens (tertiary/aromatic N) is 3. The molecule has 0 atom stereocenters. The summed E-state index contributed by atoms with van der Waals surface area (Å²) >= 11 is 0. The van der Waals surface area contributed by atoms with Crippen LogP contribution in [0.2, 0.25) is 0 Å². The van der Waals surface area contributed by atoms with Crippen LogP contribution < -0.4 is 15.1 Å². The molecule has 3 heterocycles. The number of aliphatic hydroxyl groups is 1. The minimum atomic E-state index is -3.48. The van der Waals surface area contributed by atoms with Crippen LogP contribution in [-0.4, -0.2) is 68.9 Å². The number of aryl methyl sites for hydroxylation is 1. The molecule has 2 saturated heterocycles. The first-order valence-electron chi connectivity index (χ1n) is 13.6. The highest BCUT2D eigenvalue weighted by molar-refractivity contribution is 7.90. The van der Waals surface area contributed by atoms with E-state index in [1.54, 1.807) is 37.3 Å². The molecule has 1 aliphatic carbocycles. The number of anilines is 3. The average molecular weight is 563 g/mol. The lowest BCUT2D eigenvalue weighted by atomic mass is 9.92. The second-order valence-corrected chi connectivity index (χ2v) is 13.5. The minimum Gasteiger partial charge on any atom is -0.395 e. The fraction of sp³-hybridized carbons (Fsp3) is 0.571. The number of amides is 1. The highest BCUT2D eigenvalue weighted by atomic mass is 32.2. The lowest BCUT2D eigenvalue weighted by Crippen LogP contribution is -2.39. The number of aliphatic hydroxyl groups excluding tert-OH is 1. The number of aromatic nitrogens is 1. The van der Waals surface area contributed by atoms with Crippen molar-refractivity contribution >= 4 is 32.9 Å². The molecule has 3 fully saturated rings. The molecule has 3 aliphatic rings. The zero-order valence-corrected chi connectivity index (χ0v) is 23.1. The maximum atomic E-state index is 13.7. The minimum absolute atomic E-state index is 0.193. The summed E-state index contributed by atoms with van der Waals surface area (Å²) in [5.74, 6) is -2.96. The van der Waals surface area contributed by atoms with Crippen LogP contribution in [0.25, 0.3) is 0 Å². The van der Waals surface area contributed by atoms with Crippen LogP contribution in [0.1, 0.15) is 60.1 Å². The van der Waals surface area contributed by atoms with Gasteiger partial charge in [0.15, 0.2) is 9.84 Å². The van der Waals surface area contributed by atoms with Crippen molar-refractivity contribution in [3.8, 4) is 0 Å². The van der Waals surface area contributed by atoms with Gasteiger partial charge in [-0.1, -0.05) is 6.07 Å². The van der Waals surface area contributed by atoms with E-state index in [2.05, 4.69) is 15.2 Å². The van der Waals surface area contributed by atoms with Gasteiger partial charge in [0.2, 0.25) is 0 Å². The van der Waals surface area contributed by atoms with Crippen molar-refractivity contribution < 1.29 is 27.1 Å². The van der Waals surface area contributed by atoms with Crippen molar-refractivity contribution in [1.82, 2.24) is 4.98 Å². The molecule has 212 valence electrons. The molecule has 0 radical (unpaired) electrons. The van der Waals surface area contributed by atoms with Crippen LogP contribution in [0.5, 0.6) is 0 Å². The van der Waals surface area contributed by atoms with E-state index < -0.39 is 22.4 Å². The first-order chi connectivity index (χ1) is 18.5. The topological polar surface area (TPSA) is 103 Å². The number of halogens is 2. The Morgan fingerprint density at radius 3 is 2.31 bits per heavy atom. The standard InChI is InChI=1S/C28H36F2N4O4S/c1-20-16-22(18-25(31-20)34-12-8-28(29,30)9-13-34)32-26(36)23-3-2-21(19-39(37,38)15-14-35)17-24(23)33-10-6-27(4-5-27)7-11-33/h2-3,16-18,35H,4-15,19H2,1H3,(H,31,32,36). The van der Waals surface area contributed by atoms with Gasteiger partial charge in [0.25, 0.3) is 11.8 Å². The van der Waals surface area contributed by atoms with Gasteiger partial charge in [0.1, 0.15) is 5.82 Å². The van der Waals surface area contributed by atoms with E-state index in [1.165, 1.54) is 12.8 Å². The third-order valence-electron chi connectivity index (χ3n) is 8.23. The molecule has 1 amide bonds. The maximum absolute atomic E-state index is 13.7. The van der Waals surface area contributed by atoms with E-state index >= 15 is 0 Å². The third-order valence-corrected chi connectivity index (χ3v) is 9.81. The molecular weight excluding hydrogens is 526 g/mol. The van der Waals surface area contributed by atoms with Crippen molar-refractivity contribution in [1.29, 1.82) is 0 Å². The summed E-state index contributed by atoms with van der Waals surface area (Å²) in [7, 11) is -3.48. The number of benzene rings is 1. The Kier molecular flexibility index (Phi) is 7.58. The van der Waals surface area contributed by atoms with Crippen molar-refractivity contribution in [2.75, 3.05) is 53.7 Å². The van der Waals surface area contributed by atoms with Crippen molar-refractivity contribution in [2.24, 2.45) is 5.41 Å². The van der Waals surface area contributed by atoms with E-state index in [4.69, 9.17) is 5.11 Å². The molecule has 8 nitrogen and oxygen atoms in total. The number of hydrogen-bond acceptors (Lipinski definition) is 7. The van der Waals surface area contributed by atoms with Crippen molar-refractivity contribution in [3.05, 3.63) is 47.2 Å². The number of carbonyl (C=O) groups is 1. The number of carbonyl (C=O) groups excluding carboxylic acids is 1. The normalized spacial score (nSPS) is 20.2. The summed E-state index contributed by atoms with van der Waals surface area (Å²) in [5, 5.41) is 12.1. The fourth-order valence-corrected chi connectivity index (χ4v) is 6.74. The summed E-state index contributed by atoms with van der Waals surface area (Å²) < 4.78 is 52.0. The predicted octanol–water partition coefficient (Wildman–Crippen LogP) is 4.17. The second-order valence-electron chi connectivity index (χ2n) is 11.3. The SMILES string of the molecule is Cc1cc(NC(=O)c2ccc(CS(=O)(=O)CCO)cc2N2CCC3(CC2)CC3)cc(N2CCC(F)(F)CC2)n1. The highest BCUT2D eigenvalue weighted by Gasteiger charge is 2.44. The summed E-state index contributed by atoms with van der Waals surface area (Å²) in [6, 6.07) is 8.55. The monoisotopic (exact) mass is 562 g/mol. The van der Waals surface area contributed by atoms with E-state index in [9.17, 15) is 22.0 Å². The Morgan fingerprint density at radius 1 is 1.00 bits per heavy atom. The van der Waals surface area contributed by atoms with Crippen molar-refractivity contribution in [2.45, 2.75) is 57.1 Å². The van der Waals surface area contributed by atoms with E-state index in [0.717, 1.165) is 25.9 Å². The number of alkyl halides is 2. The molecule has 0 unspecified atom stereocenters. The summed E-state index contributed by atoms with van der Waals surface area (Å²) in [6.45, 7) is 3.34. The van der Waals surface area contributed by atoms with Gasteiger partial charge in [-0.3, -0.25) is 4.79 Å². The van der Waals surface area contributed by atoms with E-state index in [-0.39, 0.29) is 43.3 Å². The van der Waals surface area contributed by atoms with Gasteiger partial charge < -0.3 is 20.2 Å². The molecule has 1 aromatic carbocycles. The Balaban J connectivity index is 1.39. The smallest absolute Gasteiger partial charge is 0.257 e. The molecule has 2 N–H and O–H groups in total. The van der Waals surface area contributed by atoms with Gasteiger partial charge in [-0.25, -0.2) is 22.2 Å². The first kappa shape index (κ1) is 27.8. The van der Waals surface area contributed by atoms with Crippen LogP contribution in [0, 0.1) is 12.3 Å². The first-order valence-corrected chi connectivity index (χ1v) is 15.4. The van der Waals surface area contributed by atoms with Gasteiger partial charge in [0, 0.05) is 62.2 Å². The van der Waals surface area contributed by atoms with Gasteiger partial charge in [-0.05, 0) is 61.8 Å². The van der Waals surface area contributed by atoms with Crippen LogP contribution in [0.4, 0.5) is 26.0 Å². The fourth-order valence-electron chi connectivity index (χ4n) is 5.63. The lowest BCUT2D eigenvalue weighted by molar-refractivity contribution is -0.0221.